The van der Waals surface area contributed by atoms with Gasteiger partial charge in [-0.3, -0.25) is 19.3 Å². The van der Waals surface area contributed by atoms with Gasteiger partial charge in [0, 0.05) is 18.2 Å². The van der Waals surface area contributed by atoms with E-state index in [2.05, 4.69) is 5.32 Å². The van der Waals surface area contributed by atoms with Gasteiger partial charge in [0.25, 0.3) is 0 Å². The van der Waals surface area contributed by atoms with Crippen LogP contribution in [0.4, 0.5) is 4.79 Å². The number of carbonyl (C=O) groups is 4. The number of ether oxygens (including phenoxy) is 1. The molecule has 8 nitrogen and oxygen atoms in total. The molecule has 28 heavy (non-hydrogen) atoms. The lowest BCUT2D eigenvalue weighted by Gasteiger charge is -2.34. The molecule has 150 valence electrons. The average Bonchev–Trinajstić information content (AvgIpc) is 2.90. The van der Waals surface area contributed by atoms with Crippen LogP contribution < -0.4 is 10.1 Å². The van der Waals surface area contributed by atoms with Crippen LogP contribution in [0.2, 0.25) is 0 Å². The van der Waals surface area contributed by atoms with E-state index in [0.717, 1.165) is 34.6 Å². The van der Waals surface area contributed by atoms with Crippen LogP contribution in [0.1, 0.15) is 38.2 Å². The van der Waals surface area contributed by atoms with Gasteiger partial charge in [0.1, 0.15) is 12.3 Å². The van der Waals surface area contributed by atoms with Crippen molar-refractivity contribution in [3.05, 3.63) is 29.8 Å². The maximum atomic E-state index is 12.7. The van der Waals surface area contributed by atoms with E-state index < -0.39 is 30.3 Å². The monoisotopic (exact) mass is 387 g/mol. The fourth-order valence-electron chi connectivity index (χ4n) is 3.88. The number of nitrogens with one attached hydrogen (secondary N) is 1. The van der Waals surface area contributed by atoms with E-state index in [1.165, 1.54) is 7.11 Å². The number of methoxy groups -OCH3 is 1. The lowest BCUT2D eigenvalue weighted by molar-refractivity contribution is -0.145. The molecular weight excluding hydrogens is 362 g/mol. The Morgan fingerprint density at radius 2 is 1.86 bits per heavy atom. The van der Waals surface area contributed by atoms with Gasteiger partial charge >= 0.3 is 17.8 Å². The highest BCUT2D eigenvalue weighted by Crippen LogP contribution is 2.31. The summed E-state index contributed by atoms with van der Waals surface area (Å²) in [7, 11) is 1.54. The van der Waals surface area contributed by atoms with E-state index in [0.29, 0.717) is 12.2 Å². The van der Waals surface area contributed by atoms with Crippen molar-refractivity contribution in [1.82, 2.24) is 15.1 Å². The van der Waals surface area contributed by atoms with E-state index in [-0.39, 0.29) is 18.5 Å². The summed E-state index contributed by atoms with van der Waals surface area (Å²) in [5, 5.41) is 2.66. The number of carbonyl (C=O) groups excluding carboxylic acids is 4. The largest absolute Gasteiger partial charge is 0.496 e. The molecular formula is C20H25N3O5. The number of hydrogen-bond acceptors (Lipinski definition) is 5. The van der Waals surface area contributed by atoms with Crippen LogP contribution in [-0.2, 0) is 20.9 Å². The molecule has 2 atom stereocenters. The van der Waals surface area contributed by atoms with Gasteiger partial charge in [-0.05, 0) is 24.8 Å². The Hall–Kier alpha value is -2.90. The highest BCUT2D eigenvalue weighted by molar-refractivity contribution is 6.45. The van der Waals surface area contributed by atoms with Gasteiger partial charge in [0.05, 0.1) is 7.11 Å². The Bertz CT molecular complexity index is 794. The van der Waals surface area contributed by atoms with Crippen LogP contribution in [0.3, 0.4) is 0 Å². The number of urea groups is 1. The minimum absolute atomic E-state index is 0.147. The Morgan fingerprint density at radius 3 is 2.57 bits per heavy atom. The van der Waals surface area contributed by atoms with Gasteiger partial charge in [-0.15, -0.1) is 0 Å². The molecule has 0 radical (unpaired) electrons. The first-order valence-corrected chi connectivity index (χ1v) is 9.51. The maximum absolute atomic E-state index is 12.7. The van der Waals surface area contributed by atoms with E-state index in [1.54, 1.807) is 12.1 Å². The van der Waals surface area contributed by atoms with Crippen molar-refractivity contribution < 1.29 is 23.9 Å². The first kappa shape index (κ1) is 19.9. The molecule has 1 aliphatic heterocycles. The van der Waals surface area contributed by atoms with Crippen LogP contribution in [0.25, 0.3) is 0 Å². The van der Waals surface area contributed by atoms with E-state index in [4.69, 9.17) is 4.74 Å². The first-order valence-electron chi connectivity index (χ1n) is 9.51. The van der Waals surface area contributed by atoms with Gasteiger partial charge in [0.15, 0.2) is 0 Å². The zero-order valence-electron chi connectivity index (χ0n) is 16.1. The number of para-hydroxylation sites is 1. The lowest BCUT2D eigenvalue weighted by Crippen LogP contribution is -2.47. The van der Waals surface area contributed by atoms with Crippen molar-refractivity contribution in [2.75, 3.05) is 13.7 Å². The number of imide groups is 2. The van der Waals surface area contributed by atoms with Gasteiger partial charge in [0.2, 0.25) is 5.91 Å². The summed E-state index contributed by atoms with van der Waals surface area (Å²) in [4.78, 5) is 51.5. The Kier molecular flexibility index (Phi) is 5.96. The highest BCUT2D eigenvalue weighted by Gasteiger charge is 2.49. The fourth-order valence-corrected chi connectivity index (χ4v) is 3.88. The van der Waals surface area contributed by atoms with Crippen molar-refractivity contribution in [2.24, 2.45) is 5.92 Å². The summed E-state index contributed by atoms with van der Waals surface area (Å²) in [6.45, 7) is 1.70. The van der Waals surface area contributed by atoms with Crippen molar-refractivity contribution in [2.45, 2.75) is 45.2 Å². The zero-order chi connectivity index (χ0) is 20.3. The molecule has 0 bridgehead atoms. The summed E-state index contributed by atoms with van der Waals surface area (Å²) in [5.74, 6) is -1.51. The number of amides is 5. The fraction of sp³-hybridized carbons (Fsp3) is 0.500. The number of benzene rings is 1. The molecule has 0 spiro atoms. The normalized spacial score (nSPS) is 22.6. The summed E-state index contributed by atoms with van der Waals surface area (Å²) in [6, 6.07) is 6.25. The standard InChI is InChI=1S/C20H25N3O5/c1-13-7-3-5-9-15(13)23-19(26)18(25)22(20(23)27)12-17(24)21-11-14-8-4-6-10-16(14)28-2/h4,6,8,10,13,15H,3,5,7,9,11-12H2,1-2H3,(H,21,24)/t13-,15+/m1/s1. The second-order valence-corrected chi connectivity index (χ2v) is 7.27. The van der Waals surface area contributed by atoms with Crippen LogP contribution in [-0.4, -0.2) is 53.2 Å². The molecule has 2 aliphatic rings. The number of nitrogens with zero attached hydrogens (tertiary/aromatic N) is 2. The van der Waals surface area contributed by atoms with E-state index in [1.807, 2.05) is 19.1 Å². The lowest BCUT2D eigenvalue weighted by atomic mass is 9.85. The molecule has 1 saturated heterocycles. The third kappa shape index (κ3) is 3.85. The second kappa shape index (κ2) is 8.41. The third-order valence-corrected chi connectivity index (χ3v) is 5.45. The predicted molar refractivity (Wildman–Crippen MR) is 100 cm³/mol. The molecule has 2 fully saturated rings. The molecule has 8 heteroatoms. The minimum Gasteiger partial charge on any atom is -0.496 e. The molecule has 1 saturated carbocycles. The van der Waals surface area contributed by atoms with Crippen molar-refractivity contribution in [3.8, 4) is 5.75 Å². The SMILES string of the molecule is COc1ccccc1CNC(=O)CN1C(=O)C(=O)N([C@H]2CCCC[C@H]2C)C1=O. The Morgan fingerprint density at radius 1 is 1.14 bits per heavy atom. The molecule has 0 aromatic heterocycles. The van der Waals surface area contributed by atoms with E-state index in [9.17, 15) is 19.2 Å². The van der Waals surface area contributed by atoms with Gasteiger partial charge in [-0.25, -0.2) is 9.69 Å². The van der Waals surface area contributed by atoms with Crippen LogP contribution in [0.5, 0.6) is 5.75 Å². The first-order chi connectivity index (χ1) is 13.4. The number of hydrogen-bond donors (Lipinski definition) is 1. The maximum Gasteiger partial charge on any atom is 0.334 e. The molecule has 3 rings (SSSR count). The highest BCUT2D eigenvalue weighted by atomic mass is 16.5. The summed E-state index contributed by atoms with van der Waals surface area (Å²) >= 11 is 0. The third-order valence-electron chi connectivity index (χ3n) is 5.45. The molecule has 5 amide bonds. The molecule has 1 aliphatic carbocycles. The average molecular weight is 387 g/mol. The summed E-state index contributed by atoms with van der Waals surface area (Å²) in [6.07, 6.45) is 3.58. The molecule has 1 aromatic carbocycles. The van der Waals surface area contributed by atoms with Gasteiger partial charge in [-0.1, -0.05) is 38.0 Å². The van der Waals surface area contributed by atoms with E-state index >= 15 is 0 Å². The topological polar surface area (TPSA) is 96.0 Å². The molecule has 1 heterocycles. The molecule has 1 N–H and O–H groups in total. The van der Waals surface area contributed by atoms with Crippen LogP contribution in [0, 0.1) is 5.92 Å². The Labute approximate surface area is 163 Å². The smallest absolute Gasteiger partial charge is 0.334 e. The van der Waals surface area contributed by atoms with Gasteiger partial charge < -0.3 is 10.1 Å². The quantitative estimate of drug-likeness (QED) is 0.592. The number of rotatable bonds is 6. The van der Waals surface area contributed by atoms with Crippen LogP contribution in [0.15, 0.2) is 24.3 Å². The van der Waals surface area contributed by atoms with Gasteiger partial charge in [-0.2, -0.15) is 0 Å². The Balaban J connectivity index is 1.63. The van der Waals surface area contributed by atoms with Crippen molar-refractivity contribution >= 4 is 23.8 Å². The second-order valence-electron chi connectivity index (χ2n) is 7.27. The van der Waals surface area contributed by atoms with Crippen LogP contribution >= 0.6 is 0 Å². The molecule has 1 aromatic rings. The van der Waals surface area contributed by atoms with Crippen molar-refractivity contribution in [1.29, 1.82) is 0 Å². The molecule has 0 unspecified atom stereocenters. The predicted octanol–water partition coefficient (Wildman–Crippen LogP) is 1.68. The van der Waals surface area contributed by atoms with Crippen molar-refractivity contribution in [3.63, 3.8) is 0 Å². The summed E-state index contributed by atoms with van der Waals surface area (Å²) in [5.41, 5.74) is 0.770. The minimum atomic E-state index is -0.935. The summed E-state index contributed by atoms with van der Waals surface area (Å²) < 4.78 is 5.23. The zero-order valence-corrected chi connectivity index (χ0v) is 16.1.